The molecular formula is C17H20N2O2S. The lowest BCUT2D eigenvalue weighted by atomic mass is 10.1. The molecule has 1 aliphatic rings. The molecule has 5 heteroatoms. The Labute approximate surface area is 134 Å². The average Bonchev–Trinajstić information content (AvgIpc) is 3.16. The highest BCUT2D eigenvalue weighted by Crippen LogP contribution is 2.39. The lowest BCUT2D eigenvalue weighted by Gasteiger charge is -2.26. The number of carbonyl (C=O) groups excluding carboxylic acids is 1. The molecule has 1 saturated heterocycles. The number of thiophene rings is 1. The first-order chi connectivity index (χ1) is 10.7. The van der Waals surface area contributed by atoms with E-state index in [0.29, 0.717) is 18.2 Å². The Morgan fingerprint density at radius 1 is 1.45 bits per heavy atom. The van der Waals surface area contributed by atoms with E-state index in [9.17, 15) is 4.79 Å². The molecule has 2 aromatic rings. The fourth-order valence-electron chi connectivity index (χ4n) is 2.94. The molecule has 0 saturated carbocycles. The van der Waals surface area contributed by atoms with Crippen LogP contribution in [0.1, 0.15) is 45.9 Å². The molecular weight excluding hydrogens is 296 g/mol. The summed E-state index contributed by atoms with van der Waals surface area (Å²) in [5, 5.41) is 0. The summed E-state index contributed by atoms with van der Waals surface area (Å²) < 4.78 is 5.17. The second kappa shape index (κ2) is 6.48. The SMILES string of the molecule is CCOC(=O)c1cccnc1N1CCCC1c1ccc(C)s1. The quantitative estimate of drug-likeness (QED) is 0.801. The van der Waals surface area contributed by atoms with Crippen LogP contribution in [0.2, 0.25) is 0 Å². The van der Waals surface area contributed by atoms with Crippen LogP contribution in [0.5, 0.6) is 0 Å². The van der Waals surface area contributed by atoms with E-state index in [1.165, 1.54) is 9.75 Å². The van der Waals surface area contributed by atoms with Gasteiger partial charge in [0.25, 0.3) is 0 Å². The summed E-state index contributed by atoms with van der Waals surface area (Å²) >= 11 is 1.82. The van der Waals surface area contributed by atoms with Crippen molar-refractivity contribution in [2.24, 2.45) is 0 Å². The molecule has 1 atom stereocenters. The highest BCUT2D eigenvalue weighted by molar-refractivity contribution is 7.12. The van der Waals surface area contributed by atoms with E-state index in [1.54, 1.807) is 18.3 Å². The van der Waals surface area contributed by atoms with Gasteiger partial charge in [0.2, 0.25) is 0 Å². The predicted octanol–water partition coefficient (Wildman–Crippen LogP) is 3.97. The number of rotatable bonds is 4. The van der Waals surface area contributed by atoms with E-state index >= 15 is 0 Å². The minimum atomic E-state index is -0.293. The minimum absolute atomic E-state index is 0.293. The molecule has 116 valence electrons. The first-order valence-corrected chi connectivity index (χ1v) is 8.47. The van der Waals surface area contributed by atoms with E-state index in [0.717, 1.165) is 25.2 Å². The molecule has 3 heterocycles. The molecule has 0 aromatic carbocycles. The Bertz CT molecular complexity index is 668. The highest BCUT2D eigenvalue weighted by Gasteiger charge is 2.31. The third kappa shape index (κ3) is 2.86. The fourth-order valence-corrected chi connectivity index (χ4v) is 3.97. The lowest BCUT2D eigenvalue weighted by Crippen LogP contribution is -2.25. The van der Waals surface area contributed by atoms with Crippen LogP contribution in [-0.4, -0.2) is 24.1 Å². The third-order valence-corrected chi connectivity index (χ3v) is 5.00. The largest absolute Gasteiger partial charge is 0.462 e. The van der Waals surface area contributed by atoms with Crippen LogP contribution in [-0.2, 0) is 4.74 Å². The Kier molecular flexibility index (Phi) is 4.43. The lowest BCUT2D eigenvalue weighted by molar-refractivity contribution is 0.0526. The van der Waals surface area contributed by atoms with Crippen molar-refractivity contribution in [2.45, 2.75) is 32.7 Å². The molecule has 0 amide bonds. The molecule has 1 unspecified atom stereocenters. The minimum Gasteiger partial charge on any atom is -0.462 e. The number of aromatic nitrogens is 1. The van der Waals surface area contributed by atoms with Crippen molar-refractivity contribution in [2.75, 3.05) is 18.1 Å². The summed E-state index contributed by atoms with van der Waals surface area (Å²) in [5.74, 6) is 0.452. The van der Waals surface area contributed by atoms with Gasteiger partial charge in [0.15, 0.2) is 0 Å². The smallest absolute Gasteiger partial charge is 0.341 e. The molecule has 0 N–H and O–H groups in total. The fraction of sp³-hybridized carbons (Fsp3) is 0.412. The summed E-state index contributed by atoms with van der Waals surface area (Å²) in [4.78, 5) is 21.6. The van der Waals surface area contributed by atoms with Gasteiger partial charge < -0.3 is 9.64 Å². The van der Waals surface area contributed by atoms with Crippen molar-refractivity contribution < 1.29 is 9.53 Å². The first kappa shape index (κ1) is 15.0. The number of pyridine rings is 1. The van der Waals surface area contributed by atoms with Crippen LogP contribution in [0, 0.1) is 6.92 Å². The van der Waals surface area contributed by atoms with Crippen molar-refractivity contribution >= 4 is 23.1 Å². The van der Waals surface area contributed by atoms with Crippen molar-refractivity contribution in [3.8, 4) is 0 Å². The molecule has 4 nitrogen and oxygen atoms in total. The van der Waals surface area contributed by atoms with Crippen LogP contribution in [0.15, 0.2) is 30.5 Å². The van der Waals surface area contributed by atoms with Crippen molar-refractivity contribution in [3.05, 3.63) is 45.8 Å². The molecule has 0 bridgehead atoms. The van der Waals surface area contributed by atoms with Gasteiger partial charge in [0, 0.05) is 22.5 Å². The summed E-state index contributed by atoms with van der Waals surface area (Å²) in [6.07, 6.45) is 3.95. The van der Waals surface area contributed by atoms with Gasteiger partial charge in [0.1, 0.15) is 11.4 Å². The van der Waals surface area contributed by atoms with Gasteiger partial charge in [-0.3, -0.25) is 0 Å². The van der Waals surface area contributed by atoms with E-state index in [4.69, 9.17) is 4.74 Å². The van der Waals surface area contributed by atoms with Gasteiger partial charge in [-0.2, -0.15) is 0 Å². The Hall–Kier alpha value is -1.88. The molecule has 3 rings (SSSR count). The normalized spacial score (nSPS) is 17.7. The predicted molar refractivity (Wildman–Crippen MR) is 88.6 cm³/mol. The molecule has 0 spiro atoms. The third-order valence-electron chi connectivity index (χ3n) is 3.90. The van der Waals surface area contributed by atoms with Crippen LogP contribution in [0.25, 0.3) is 0 Å². The summed E-state index contributed by atoms with van der Waals surface area (Å²) in [6, 6.07) is 8.24. The zero-order valence-corrected chi connectivity index (χ0v) is 13.7. The Balaban J connectivity index is 1.94. The van der Waals surface area contributed by atoms with E-state index < -0.39 is 0 Å². The number of aryl methyl sites for hydroxylation is 1. The second-order valence-corrected chi connectivity index (χ2v) is 6.71. The topological polar surface area (TPSA) is 42.4 Å². The molecule has 2 aromatic heterocycles. The summed E-state index contributed by atoms with van der Waals surface area (Å²) in [6.45, 7) is 5.24. The monoisotopic (exact) mass is 316 g/mol. The van der Waals surface area contributed by atoms with Gasteiger partial charge in [-0.1, -0.05) is 0 Å². The van der Waals surface area contributed by atoms with Crippen molar-refractivity contribution in [1.82, 2.24) is 4.98 Å². The number of carbonyl (C=O) groups is 1. The molecule has 0 radical (unpaired) electrons. The van der Waals surface area contributed by atoms with E-state index in [1.807, 2.05) is 18.3 Å². The number of anilines is 1. The molecule has 0 aliphatic carbocycles. The maximum absolute atomic E-state index is 12.2. The van der Waals surface area contributed by atoms with Gasteiger partial charge in [-0.15, -0.1) is 11.3 Å². The van der Waals surface area contributed by atoms with Crippen LogP contribution >= 0.6 is 11.3 Å². The van der Waals surface area contributed by atoms with Gasteiger partial charge >= 0.3 is 5.97 Å². The summed E-state index contributed by atoms with van der Waals surface area (Å²) in [5.41, 5.74) is 0.560. The Morgan fingerprint density at radius 2 is 2.32 bits per heavy atom. The average molecular weight is 316 g/mol. The molecule has 22 heavy (non-hydrogen) atoms. The zero-order chi connectivity index (χ0) is 15.5. The number of ether oxygens (including phenoxy) is 1. The number of nitrogens with zero attached hydrogens (tertiary/aromatic N) is 2. The van der Waals surface area contributed by atoms with E-state index in [-0.39, 0.29) is 5.97 Å². The van der Waals surface area contributed by atoms with Crippen molar-refractivity contribution in [3.63, 3.8) is 0 Å². The van der Waals surface area contributed by atoms with Crippen LogP contribution in [0.3, 0.4) is 0 Å². The molecule has 1 aliphatic heterocycles. The van der Waals surface area contributed by atoms with Crippen molar-refractivity contribution in [1.29, 1.82) is 0 Å². The highest BCUT2D eigenvalue weighted by atomic mass is 32.1. The van der Waals surface area contributed by atoms with Crippen LogP contribution in [0.4, 0.5) is 5.82 Å². The number of hydrogen-bond donors (Lipinski definition) is 0. The van der Waals surface area contributed by atoms with Gasteiger partial charge in [-0.05, 0) is 51.0 Å². The maximum Gasteiger partial charge on any atom is 0.341 e. The zero-order valence-electron chi connectivity index (χ0n) is 12.9. The number of esters is 1. The Morgan fingerprint density at radius 3 is 3.05 bits per heavy atom. The maximum atomic E-state index is 12.2. The molecule has 1 fully saturated rings. The second-order valence-electron chi connectivity index (χ2n) is 5.39. The summed E-state index contributed by atoms with van der Waals surface area (Å²) in [7, 11) is 0. The van der Waals surface area contributed by atoms with E-state index in [2.05, 4.69) is 28.9 Å². The standard InChI is InChI=1S/C17H20N2O2S/c1-3-21-17(20)13-6-4-10-18-16(13)19-11-5-7-14(19)15-9-8-12(2)22-15/h4,6,8-10,14H,3,5,7,11H2,1-2H3. The first-order valence-electron chi connectivity index (χ1n) is 7.66. The van der Waals surface area contributed by atoms with Gasteiger partial charge in [-0.25, -0.2) is 9.78 Å². The number of hydrogen-bond acceptors (Lipinski definition) is 5. The van der Waals surface area contributed by atoms with Crippen LogP contribution < -0.4 is 4.90 Å². The van der Waals surface area contributed by atoms with Gasteiger partial charge in [0.05, 0.1) is 12.6 Å².